The highest BCUT2D eigenvalue weighted by molar-refractivity contribution is 5.76. The lowest BCUT2D eigenvalue weighted by Crippen LogP contribution is -1.99. The van der Waals surface area contributed by atoms with Crippen LogP contribution >= 0.6 is 0 Å². The number of hydrogen-bond donors (Lipinski definition) is 0. The first kappa shape index (κ1) is 16.4. The van der Waals surface area contributed by atoms with Crippen LogP contribution in [0.1, 0.15) is 70.4 Å². The summed E-state index contributed by atoms with van der Waals surface area (Å²) in [6, 6.07) is 8.98. The zero-order valence-corrected chi connectivity index (χ0v) is 15.9. The Morgan fingerprint density at radius 3 is 2.60 bits per heavy atom. The van der Waals surface area contributed by atoms with Crippen LogP contribution in [0.4, 0.5) is 0 Å². The molecule has 1 unspecified atom stereocenters. The molecule has 3 aliphatic rings. The van der Waals surface area contributed by atoms with Crippen molar-refractivity contribution in [2.24, 2.45) is 0 Å². The van der Waals surface area contributed by atoms with E-state index in [2.05, 4.69) is 70.2 Å². The van der Waals surface area contributed by atoms with Gasteiger partial charge in [0, 0.05) is 5.92 Å². The molecule has 128 valence electrons. The van der Waals surface area contributed by atoms with Gasteiger partial charge < -0.3 is 0 Å². The minimum atomic E-state index is 0.618. The van der Waals surface area contributed by atoms with Crippen LogP contribution in [0.25, 0.3) is 5.57 Å². The maximum atomic E-state index is 2.33. The van der Waals surface area contributed by atoms with E-state index in [4.69, 9.17) is 0 Å². The molecule has 0 heteroatoms. The van der Waals surface area contributed by atoms with E-state index < -0.39 is 0 Å². The third kappa shape index (κ3) is 2.59. The molecule has 0 aliphatic heterocycles. The molecule has 0 heterocycles. The predicted molar refractivity (Wildman–Crippen MR) is 109 cm³/mol. The minimum absolute atomic E-state index is 0.618. The van der Waals surface area contributed by atoms with Crippen LogP contribution in [0, 0.1) is 0 Å². The molecule has 0 N–H and O–H groups in total. The molecule has 1 aromatic carbocycles. The van der Waals surface area contributed by atoms with E-state index in [1.54, 1.807) is 22.3 Å². The van der Waals surface area contributed by atoms with Gasteiger partial charge >= 0.3 is 0 Å². The smallest absolute Gasteiger partial charge is 0.00574 e. The van der Waals surface area contributed by atoms with E-state index in [0.29, 0.717) is 5.92 Å². The Kier molecular flexibility index (Phi) is 4.15. The fourth-order valence-electron chi connectivity index (χ4n) is 4.88. The zero-order valence-electron chi connectivity index (χ0n) is 15.9. The van der Waals surface area contributed by atoms with E-state index in [1.807, 2.05) is 0 Å². The van der Waals surface area contributed by atoms with Gasteiger partial charge in [-0.25, -0.2) is 0 Å². The van der Waals surface area contributed by atoms with E-state index in [0.717, 1.165) is 6.42 Å². The Balaban J connectivity index is 1.49. The molecule has 0 radical (unpaired) electrons. The normalized spacial score (nSPS) is 21.9. The molecule has 1 atom stereocenters. The van der Waals surface area contributed by atoms with Crippen LogP contribution in [0.3, 0.4) is 0 Å². The van der Waals surface area contributed by atoms with Crippen molar-refractivity contribution < 1.29 is 0 Å². The summed E-state index contributed by atoms with van der Waals surface area (Å²) in [5.74, 6) is 0.618. The monoisotopic (exact) mass is 328 g/mol. The maximum Gasteiger partial charge on any atom is 0.00574 e. The van der Waals surface area contributed by atoms with Crippen LogP contribution in [-0.2, 0) is 0 Å². The number of hydrogen-bond acceptors (Lipinski definition) is 0. The van der Waals surface area contributed by atoms with Gasteiger partial charge in [-0.1, -0.05) is 48.1 Å². The van der Waals surface area contributed by atoms with Crippen molar-refractivity contribution in [3.8, 4) is 0 Å². The summed E-state index contributed by atoms with van der Waals surface area (Å²) in [6.07, 6.45) is 11.7. The van der Waals surface area contributed by atoms with Gasteiger partial charge in [-0.3, -0.25) is 0 Å². The van der Waals surface area contributed by atoms with Gasteiger partial charge in [0.25, 0.3) is 0 Å². The fraction of sp³-hybridized carbons (Fsp3) is 0.360. The summed E-state index contributed by atoms with van der Waals surface area (Å²) in [6.45, 7) is 9.24. The summed E-state index contributed by atoms with van der Waals surface area (Å²) in [5.41, 5.74) is 13.8. The Hall–Kier alpha value is -2.08. The van der Waals surface area contributed by atoms with Crippen molar-refractivity contribution in [2.45, 2.75) is 59.3 Å². The van der Waals surface area contributed by atoms with Gasteiger partial charge in [0.2, 0.25) is 0 Å². The first-order chi connectivity index (χ1) is 12.1. The first-order valence-corrected chi connectivity index (χ1v) is 9.63. The molecule has 0 spiro atoms. The maximum absolute atomic E-state index is 2.33. The third-order valence-electron chi connectivity index (χ3n) is 6.61. The van der Waals surface area contributed by atoms with Crippen LogP contribution in [0.15, 0.2) is 75.9 Å². The van der Waals surface area contributed by atoms with Crippen molar-refractivity contribution in [2.75, 3.05) is 0 Å². The van der Waals surface area contributed by atoms with E-state index >= 15 is 0 Å². The molecule has 1 aromatic rings. The minimum Gasteiger partial charge on any atom is -0.0801 e. The molecule has 0 fully saturated rings. The Bertz CT molecular complexity index is 880. The quantitative estimate of drug-likeness (QED) is 0.544. The highest BCUT2D eigenvalue weighted by Crippen LogP contribution is 2.46. The van der Waals surface area contributed by atoms with Crippen LogP contribution in [0.2, 0.25) is 0 Å². The van der Waals surface area contributed by atoms with Gasteiger partial charge in [0.1, 0.15) is 0 Å². The van der Waals surface area contributed by atoms with Crippen LogP contribution in [-0.4, -0.2) is 0 Å². The molecule has 0 saturated carbocycles. The van der Waals surface area contributed by atoms with Gasteiger partial charge in [-0.15, -0.1) is 0 Å². The summed E-state index contributed by atoms with van der Waals surface area (Å²) in [7, 11) is 0. The van der Waals surface area contributed by atoms with Gasteiger partial charge in [-0.2, -0.15) is 0 Å². The average molecular weight is 328 g/mol. The summed E-state index contributed by atoms with van der Waals surface area (Å²) in [5, 5.41) is 0. The second-order valence-corrected chi connectivity index (χ2v) is 7.76. The number of fused-ring (bicyclic) bond motifs is 2. The van der Waals surface area contributed by atoms with E-state index in [9.17, 15) is 0 Å². The van der Waals surface area contributed by atoms with Gasteiger partial charge in [-0.05, 0) is 97.9 Å². The Morgan fingerprint density at radius 1 is 0.960 bits per heavy atom. The number of benzene rings is 1. The van der Waals surface area contributed by atoms with Gasteiger partial charge in [0.15, 0.2) is 0 Å². The first-order valence-electron chi connectivity index (χ1n) is 9.63. The topological polar surface area (TPSA) is 0 Å². The standard InChI is InChI=1S/C25H28/c1-16-18(3)22(24-12-7-5-10-20(16)24)14-9-15-23-19(4)17(2)21-11-6-8-13-25(21)23/h5-8,10,12-13,22H,9,11,14-15H2,1-4H3. The summed E-state index contributed by atoms with van der Waals surface area (Å²) < 4.78 is 0. The molecular weight excluding hydrogens is 300 g/mol. The second kappa shape index (κ2) is 6.33. The van der Waals surface area contributed by atoms with Crippen molar-refractivity contribution in [3.63, 3.8) is 0 Å². The molecule has 25 heavy (non-hydrogen) atoms. The lowest BCUT2D eigenvalue weighted by atomic mass is 9.88. The molecule has 0 saturated heterocycles. The summed E-state index contributed by atoms with van der Waals surface area (Å²) in [4.78, 5) is 0. The van der Waals surface area contributed by atoms with E-state index in [1.165, 1.54) is 47.1 Å². The largest absolute Gasteiger partial charge is 0.0801 e. The van der Waals surface area contributed by atoms with Crippen LogP contribution < -0.4 is 0 Å². The Labute approximate surface area is 152 Å². The zero-order chi connectivity index (χ0) is 17.6. The molecule has 0 amide bonds. The van der Waals surface area contributed by atoms with Crippen molar-refractivity contribution in [3.05, 3.63) is 87.1 Å². The van der Waals surface area contributed by atoms with Gasteiger partial charge in [0.05, 0.1) is 0 Å². The molecule has 3 aliphatic carbocycles. The van der Waals surface area contributed by atoms with Crippen molar-refractivity contribution in [1.82, 2.24) is 0 Å². The lowest BCUT2D eigenvalue weighted by molar-refractivity contribution is 0.659. The number of rotatable bonds is 4. The second-order valence-electron chi connectivity index (χ2n) is 7.76. The average Bonchev–Trinajstić information content (AvgIpc) is 3.03. The predicted octanol–water partition coefficient (Wildman–Crippen LogP) is 7.28. The molecular formula is C25H28. The van der Waals surface area contributed by atoms with Crippen molar-refractivity contribution >= 4 is 5.57 Å². The van der Waals surface area contributed by atoms with Crippen molar-refractivity contribution in [1.29, 1.82) is 0 Å². The molecule has 0 nitrogen and oxygen atoms in total. The summed E-state index contributed by atoms with van der Waals surface area (Å²) >= 11 is 0. The number of allylic oxidation sites excluding steroid dienone is 10. The van der Waals surface area contributed by atoms with E-state index in [-0.39, 0.29) is 0 Å². The molecule has 0 aromatic heterocycles. The lowest BCUT2D eigenvalue weighted by Gasteiger charge is -2.16. The fourth-order valence-corrected chi connectivity index (χ4v) is 4.88. The highest BCUT2D eigenvalue weighted by atomic mass is 14.3. The highest BCUT2D eigenvalue weighted by Gasteiger charge is 2.27. The third-order valence-corrected chi connectivity index (χ3v) is 6.61. The van der Waals surface area contributed by atoms with Crippen LogP contribution in [0.5, 0.6) is 0 Å². The molecule has 0 bridgehead atoms. The SMILES string of the molecule is CC1=C2CC=CC=C2C(CCCC2C(C)=C(C)c3ccccc32)=C1C. The molecule has 4 rings (SSSR count). The Morgan fingerprint density at radius 2 is 1.76 bits per heavy atom.